The van der Waals surface area contributed by atoms with Crippen LogP contribution < -0.4 is 14.8 Å². The lowest BCUT2D eigenvalue weighted by Crippen LogP contribution is -2.29. The molecule has 0 aromatic heterocycles. The fourth-order valence-corrected chi connectivity index (χ4v) is 4.47. The Kier molecular flexibility index (Phi) is 8.98. The van der Waals surface area contributed by atoms with E-state index in [1.54, 1.807) is 13.2 Å². The lowest BCUT2D eigenvalue weighted by molar-refractivity contribution is 0.284. The molecule has 0 bridgehead atoms. The summed E-state index contributed by atoms with van der Waals surface area (Å²) in [5.41, 5.74) is 2.12. The Morgan fingerprint density at radius 3 is 2.38 bits per heavy atom. The predicted octanol–water partition coefficient (Wildman–Crippen LogP) is 7.55. The topological polar surface area (TPSA) is 30.5 Å². The van der Waals surface area contributed by atoms with Gasteiger partial charge in [0.1, 0.15) is 6.61 Å². The van der Waals surface area contributed by atoms with Crippen LogP contribution in [-0.4, -0.2) is 13.2 Å². The molecule has 1 aliphatic carbocycles. The summed E-state index contributed by atoms with van der Waals surface area (Å²) in [6.45, 7) is 1.20. The Morgan fingerprint density at radius 1 is 0.966 bits per heavy atom. The zero-order chi connectivity index (χ0) is 20.6. The average Bonchev–Trinajstić information content (AvgIpc) is 2.69. The third kappa shape index (κ3) is 6.78. The second kappa shape index (κ2) is 11.5. The third-order valence-corrected chi connectivity index (χ3v) is 6.87. The molecule has 29 heavy (non-hydrogen) atoms. The van der Waals surface area contributed by atoms with Gasteiger partial charge in [0.2, 0.25) is 0 Å². The van der Waals surface area contributed by atoms with E-state index < -0.39 is 0 Å². The van der Waals surface area contributed by atoms with E-state index in [-0.39, 0.29) is 0 Å². The fraction of sp³-hybridized carbons (Fsp3) is 0.478. The summed E-state index contributed by atoms with van der Waals surface area (Å²) in [5, 5.41) is 4.80. The maximum Gasteiger partial charge on any atom is 0.162 e. The van der Waals surface area contributed by atoms with Crippen molar-refractivity contribution in [3.63, 3.8) is 0 Å². The molecule has 1 saturated carbocycles. The summed E-state index contributed by atoms with van der Waals surface area (Å²) in [6, 6.07) is 10.1. The van der Waals surface area contributed by atoms with E-state index in [1.807, 2.05) is 24.3 Å². The van der Waals surface area contributed by atoms with Crippen LogP contribution in [0.3, 0.4) is 0 Å². The Bertz CT molecular complexity index is 808. The highest BCUT2D eigenvalue weighted by molar-refractivity contribution is 9.10. The minimum Gasteiger partial charge on any atom is -0.493 e. The van der Waals surface area contributed by atoms with Crippen molar-refractivity contribution in [2.24, 2.45) is 0 Å². The Balaban J connectivity index is 1.64. The minimum atomic E-state index is 0.388. The normalized spacial score (nSPS) is 15.6. The third-order valence-electron chi connectivity index (χ3n) is 5.40. The number of hydrogen-bond acceptors (Lipinski definition) is 3. The zero-order valence-corrected chi connectivity index (χ0v) is 19.9. The first-order chi connectivity index (χ1) is 14.1. The van der Waals surface area contributed by atoms with E-state index >= 15 is 0 Å². The molecule has 0 unspecified atom stereocenters. The lowest BCUT2D eigenvalue weighted by atomic mass is 9.96. The fourth-order valence-electron chi connectivity index (χ4n) is 3.69. The Labute approximate surface area is 192 Å². The molecular weight excluding hydrogens is 473 g/mol. The summed E-state index contributed by atoms with van der Waals surface area (Å²) in [7, 11) is 1.67. The van der Waals surface area contributed by atoms with Crippen LogP contribution >= 0.6 is 39.1 Å². The first kappa shape index (κ1) is 22.7. The van der Waals surface area contributed by atoms with Crippen LogP contribution in [0.2, 0.25) is 10.0 Å². The molecular formula is C23H28BrCl2NO2. The summed E-state index contributed by atoms with van der Waals surface area (Å²) in [4.78, 5) is 0. The first-order valence-electron chi connectivity index (χ1n) is 10.2. The van der Waals surface area contributed by atoms with Crippen LogP contribution in [-0.2, 0) is 13.2 Å². The zero-order valence-electron chi connectivity index (χ0n) is 16.8. The van der Waals surface area contributed by atoms with Crippen molar-refractivity contribution in [3.8, 4) is 11.5 Å². The average molecular weight is 501 g/mol. The molecule has 0 aliphatic heterocycles. The quantitative estimate of drug-likeness (QED) is 0.425. The smallest absolute Gasteiger partial charge is 0.162 e. The molecule has 0 spiro atoms. The van der Waals surface area contributed by atoms with E-state index in [9.17, 15) is 0 Å². The number of ether oxygens (including phenoxy) is 2. The van der Waals surface area contributed by atoms with Gasteiger partial charge in [0.15, 0.2) is 11.5 Å². The van der Waals surface area contributed by atoms with E-state index in [1.165, 1.54) is 50.5 Å². The van der Waals surface area contributed by atoms with Gasteiger partial charge in [-0.25, -0.2) is 0 Å². The van der Waals surface area contributed by atoms with Gasteiger partial charge in [0.25, 0.3) is 0 Å². The highest BCUT2D eigenvalue weighted by Gasteiger charge is 2.14. The van der Waals surface area contributed by atoms with E-state index in [2.05, 4.69) is 21.2 Å². The molecule has 2 aromatic carbocycles. The molecule has 1 aliphatic rings. The number of hydrogen-bond donors (Lipinski definition) is 1. The van der Waals surface area contributed by atoms with E-state index in [4.69, 9.17) is 32.7 Å². The van der Waals surface area contributed by atoms with Crippen LogP contribution in [0.5, 0.6) is 11.5 Å². The second-order valence-corrected chi connectivity index (χ2v) is 9.22. The van der Waals surface area contributed by atoms with Crippen LogP contribution in [0.1, 0.15) is 56.1 Å². The molecule has 1 N–H and O–H groups in total. The van der Waals surface area contributed by atoms with Crippen LogP contribution in [0.15, 0.2) is 34.8 Å². The van der Waals surface area contributed by atoms with E-state index in [0.717, 1.165) is 22.3 Å². The second-order valence-electron chi connectivity index (χ2n) is 7.55. The highest BCUT2D eigenvalue weighted by Crippen LogP contribution is 2.34. The van der Waals surface area contributed by atoms with Crippen molar-refractivity contribution < 1.29 is 9.47 Å². The van der Waals surface area contributed by atoms with Gasteiger partial charge in [0, 0.05) is 17.1 Å². The summed E-state index contributed by atoms with van der Waals surface area (Å²) in [6.07, 6.45) is 9.28. The number of methoxy groups -OCH3 is 1. The minimum absolute atomic E-state index is 0.388. The molecule has 6 heteroatoms. The van der Waals surface area contributed by atoms with Gasteiger partial charge in [-0.1, -0.05) is 77.3 Å². The van der Waals surface area contributed by atoms with Gasteiger partial charge in [-0.3, -0.25) is 0 Å². The molecule has 0 radical (unpaired) electrons. The first-order valence-corrected chi connectivity index (χ1v) is 11.8. The number of nitrogens with one attached hydrogen (secondary N) is 1. The highest BCUT2D eigenvalue weighted by atomic mass is 79.9. The SMILES string of the molecule is COc1cc(CNC2CCCCCCC2)c(Br)cc1OCc1ccc(Cl)c(Cl)c1. The van der Waals surface area contributed by atoms with Gasteiger partial charge >= 0.3 is 0 Å². The van der Waals surface area contributed by atoms with Crippen molar-refractivity contribution in [1.29, 1.82) is 0 Å². The predicted molar refractivity (Wildman–Crippen MR) is 124 cm³/mol. The number of benzene rings is 2. The van der Waals surface area contributed by atoms with Gasteiger partial charge in [-0.15, -0.1) is 0 Å². The molecule has 0 amide bonds. The standard InChI is InChI=1S/C23H28BrCl2NO2/c1-28-22-12-17(14-27-18-7-5-3-2-4-6-8-18)19(24)13-23(22)29-15-16-9-10-20(25)21(26)11-16/h9-13,18,27H,2-8,14-15H2,1H3. The maximum atomic E-state index is 6.09. The molecule has 158 valence electrons. The molecule has 1 fully saturated rings. The maximum absolute atomic E-state index is 6.09. The van der Waals surface area contributed by atoms with Crippen molar-refractivity contribution in [3.05, 3.63) is 56.0 Å². The monoisotopic (exact) mass is 499 g/mol. The molecule has 0 atom stereocenters. The molecule has 0 heterocycles. The van der Waals surface area contributed by atoms with Gasteiger partial charge < -0.3 is 14.8 Å². The molecule has 3 rings (SSSR count). The van der Waals surface area contributed by atoms with Crippen molar-refractivity contribution >= 4 is 39.1 Å². The van der Waals surface area contributed by atoms with Crippen molar-refractivity contribution in [2.75, 3.05) is 7.11 Å². The van der Waals surface area contributed by atoms with Gasteiger partial charge in [0.05, 0.1) is 17.2 Å². The van der Waals surface area contributed by atoms with Crippen molar-refractivity contribution in [2.45, 2.75) is 64.1 Å². The summed E-state index contributed by atoms with van der Waals surface area (Å²) >= 11 is 15.8. The molecule has 0 saturated heterocycles. The lowest BCUT2D eigenvalue weighted by Gasteiger charge is -2.22. The Morgan fingerprint density at radius 2 is 1.69 bits per heavy atom. The largest absolute Gasteiger partial charge is 0.493 e. The molecule has 2 aromatic rings. The van der Waals surface area contributed by atoms with Gasteiger partial charge in [-0.05, 0) is 48.2 Å². The van der Waals surface area contributed by atoms with Crippen LogP contribution in [0.4, 0.5) is 0 Å². The Hall–Kier alpha value is -0.940. The number of rotatable bonds is 7. The molecule has 3 nitrogen and oxygen atoms in total. The van der Waals surface area contributed by atoms with Crippen LogP contribution in [0, 0.1) is 0 Å². The summed E-state index contributed by atoms with van der Waals surface area (Å²) in [5.74, 6) is 1.42. The van der Waals surface area contributed by atoms with Crippen molar-refractivity contribution in [1.82, 2.24) is 5.32 Å². The summed E-state index contributed by atoms with van der Waals surface area (Å²) < 4.78 is 12.6. The number of halogens is 3. The van der Waals surface area contributed by atoms with Gasteiger partial charge in [-0.2, -0.15) is 0 Å². The van der Waals surface area contributed by atoms with Crippen LogP contribution in [0.25, 0.3) is 0 Å². The van der Waals surface area contributed by atoms with E-state index in [0.29, 0.717) is 28.4 Å².